The molecule has 1 N–H and O–H groups in total. The molecular formula is C16H28N2. The van der Waals surface area contributed by atoms with Crippen LogP contribution in [0.1, 0.15) is 34.6 Å². The van der Waals surface area contributed by atoms with Crippen molar-refractivity contribution in [1.29, 1.82) is 0 Å². The predicted octanol–water partition coefficient (Wildman–Crippen LogP) is 3.54. The third-order valence-electron chi connectivity index (χ3n) is 2.96. The molecule has 0 fully saturated rings. The molecule has 18 heavy (non-hydrogen) atoms. The van der Waals surface area contributed by atoms with Gasteiger partial charge < -0.3 is 10.2 Å². The van der Waals surface area contributed by atoms with Gasteiger partial charge in [0.2, 0.25) is 0 Å². The molecule has 0 heterocycles. The number of nitrogens with one attached hydrogen (secondary N) is 1. The van der Waals surface area contributed by atoms with E-state index in [1.165, 1.54) is 5.69 Å². The molecule has 102 valence electrons. The average molecular weight is 248 g/mol. The highest BCUT2D eigenvalue weighted by atomic mass is 15.1. The van der Waals surface area contributed by atoms with Crippen LogP contribution in [0.4, 0.5) is 5.69 Å². The minimum atomic E-state index is 0.183. The van der Waals surface area contributed by atoms with Crippen molar-refractivity contribution in [1.82, 2.24) is 5.32 Å². The molecule has 0 bridgehead atoms. The number of para-hydroxylation sites is 1. The van der Waals surface area contributed by atoms with Gasteiger partial charge in [0.1, 0.15) is 0 Å². The highest BCUT2D eigenvalue weighted by molar-refractivity contribution is 5.45. The maximum absolute atomic E-state index is 3.59. The molecule has 0 saturated carbocycles. The Bertz CT molecular complexity index is 349. The van der Waals surface area contributed by atoms with Crippen LogP contribution in [0.3, 0.4) is 0 Å². The van der Waals surface area contributed by atoms with Gasteiger partial charge in [-0.1, -0.05) is 32.0 Å². The van der Waals surface area contributed by atoms with Gasteiger partial charge in [-0.15, -0.1) is 0 Å². The molecule has 1 aromatic rings. The normalized spacial score (nSPS) is 12.6. The number of anilines is 1. The molecule has 2 nitrogen and oxygen atoms in total. The summed E-state index contributed by atoms with van der Waals surface area (Å²) in [7, 11) is 2.16. The summed E-state index contributed by atoms with van der Waals surface area (Å²) in [5, 5.41) is 3.59. The van der Waals surface area contributed by atoms with Crippen LogP contribution >= 0.6 is 0 Å². The van der Waals surface area contributed by atoms with E-state index in [4.69, 9.17) is 0 Å². The Morgan fingerprint density at radius 2 is 1.56 bits per heavy atom. The Balaban J connectivity index is 2.55. The minimum absolute atomic E-state index is 0.183. The largest absolute Gasteiger partial charge is 0.374 e. The van der Waals surface area contributed by atoms with Crippen molar-refractivity contribution in [2.45, 2.75) is 40.2 Å². The van der Waals surface area contributed by atoms with E-state index in [1.54, 1.807) is 0 Å². The smallest absolute Gasteiger partial charge is 0.0363 e. The summed E-state index contributed by atoms with van der Waals surface area (Å²) in [6.45, 7) is 13.3. The zero-order chi connectivity index (χ0) is 13.8. The van der Waals surface area contributed by atoms with Crippen molar-refractivity contribution >= 4 is 5.69 Å². The number of hydrogen-bond acceptors (Lipinski definition) is 2. The Morgan fingerprint density at radius 1 is 1.00 bits per heavy atom. The lowest BCUT2D eigenvalue weighted by Crippen LogP contribution is -2.45. The maximum atomic E-state index is 3.59. The van der Waals surface area contributed by atoms with Gasteiger partial charge in [0.15, 0.2) is 0 Å². The molecule has 0 unspecified atom stereocenters. The Morgan fingerprint density at radius 3 is 2.06 bits per heavy atom. The van der Waals surface area contributed by atoms with E-state index >= 15 is 0 Å². The van der Waals surface area contributed by atoms with E-state index in [2.05, 4.69) is 82.2 Å². The minimum Gasteiger partial charge on any atom is -0.374 e. The predicted molar refractivity (Wildman–Crippen MR) is 81.2 cm³/mol. The molecule has 0 atom stereocenters. The molecule has 0 radical (unpaired) electrons. The van der Waals surface area contributed by atoms with E-state index in [0.29, 0.717) is 0 Å². The third kappa shape index (κ3) is 5.54. The van der Waals surface area contributed by atoms with Crippen LogP contribution < -0.4 is 10.2 Å². The molecule has 0 aliphatic heterocycles. The van der Waals surface area contributed by atoms with E-state index in [0.717, 1.165) is 13.1 Å². The van der Waals surface area contributed by atoms with Gasteiger partial charge in [-0.05, 0) is 38.3 Å². The number of benzene rings is 1. The standard InChI is InChI=1S/C16H28N2/c1-15(2,3)17-12-16(4,5)13-18(6)14-10-8-7-9-11-14/h7-11,17H,12-13H2,1-6H3. The van der Waals surface area contributed by atoms with Crippen LogP contribution in [0.25, 0.3) is 0 Å². The van der Waals surface area contributed by atoms with Gasteiger partial charge in [-0.3, -0.25) is 0 Å². The molecule has 0 amide bonds. The summed E-state index contributed by atoms with van der Waals surface area (Å²) in [4.78, 5) is 2.32. The van der Waals surface area contributed by atoms with Crippen LogP contribution in [-0.2, 0) is 0 Å². The molecule has 0 spiro atoms. The van der Waals surface area contributed by atoms with Crippen molar-refractivity contribution in [3.63, 3.8) is 0 Å². The molecule has 0 saturated heterocycles. The molecular weight excluding hydrogens is 220 g/mol. The number of nitrogens with zero attached hydrogens (tertiary/aromatic N) is 1. The van der Waals surface area contributed by atoms with Crippen LogP contribution in [0.5, 0.6) is 0 Å². The molecule has 1 aromatic carbocycles. The monoisotopic (exact) mass is 248 g/mol. The van der Waals surface area contributed by atoms with Crippen LogP contribution in [-0.4, -0.2) is 25.7 Å². The zero-order valence-corrected chi connectivity index (χ0v) is 12.7. The molecule has 0 aliphatic carbocycles. The van der Waals surface area contributed by atoms with Crippen LogP contribution in [0.15, 0.2) is 30.3 Å². The summed E-state index contributed by atoms with van der Waals surface area (Å²) in [6.07, 6.45) is 0. The summed E-state index contributed by atoms with van der Waals surface area (Å²) >= 11 is 0. The second kappa shape index (κ2) is 5.75. The summed E-state index contributed by atoms with van der Waals surface area (Å²) < 4.78 is 0. The van der Waals surface area contributed by atoms with Crippen molar-refractivity contribution < 1.29 is 0 Å². The Kier molecular flexibility index (Phi) is 4.80. The fourth-order valence-corrected chi connectivity index (χ4v) is 1.98. The van der Waals surface area contributed by atoms with E-state index in [-0.39, 0.29) is 11.0 Å². The van der Waals surface area contributed by atoms with Gasteiger partial charge in [0.05, 0.1) is 0 Å². The Labute approximate surface area is 112 Å². The summed E-state index contributed by atoms with van der Waals surface area (Å²) in [5.74, 6) is 0. The SMILES string of the molecule is CN(CC(C)(C)CNC(C)(C)C)c1ccccc1. The van der Waals surface area contributed by atoms with Gasteiger partial charge in [0.25, 0.3) is 0 Å². The first kappa shape index (κ1) is 15.0. The fraction of sp³-hybridized carbons (Fsp3) is 0.625. The van der Waals surface area contributed by atoms with Crippen molar-refractivity contribution in [3.05, 3.63) is 30.3 Å². The number of hydrogen-bond donors (Lipinski definition) is 1. The van der Waals surface area contributed by atoms with E-state index in [1.807, 2.05) is 0 Å². The first-order valence-corrected chi connectivity index (χ1v) is 6.71. The average Bonchev–Trinajstić information content (AvgIpc) is 2.26. The molecule has 1 rings (SSSR count). The van der Waals surface area contributed by atoms with E-state index < -0.39 is 0 Å². The first-order chi connectivity index (χ1) is 8.20. The van der Waals surface area contributed by atoms with Gasteiger partial charge >= 0.3 is 0 Å². The maximum Gasteiger partial charge on any atom is 0.0363 e. The van der Waals surface area contributed by atoms with Crippen LogP contribution in [0.2, 0.25) is 0 Å². The highest BCUT2D eigenvalue weighted by Crippen LogP contribution is 2.20. The molecule has 0 aromatic heterocycles. The lowest BCUT2D eigenvalue weighted by molar-refractivity contribution is 0.295. The lowest BCUT2D eigenvalue weighted by atomic mass is 9.91. The summed E-state index contributed by atoms with van der Waals surface area (Å²) in [6, 6.07) is 10.6. The first-order valence-electron chi connectivity index (χ1n) is 6.71. The van der Waals surface area contributed by atoms with Crippen molar-refractivity contribution in [3.8, 4) is 0 Å². The quantitative estimate of drug-likeness (QED) is 0.857. The van der Waals surface area contributed by atoms with Crippen molar-refractivity contribution in [2.75, 3.05) is 25.0 Å². The second-order valence-corrected chi connectivity index (χ2v) is 6.96. The molecule has 0 aliphatic rings. The summed E-state index contributed by atoms with van der Waals surface area (Å²) in [5.41, 5.74) is 1.71. The number of rotatable bonds is 5. The van der Waals surface area contributed by atoms with Gasteiger partial charge in [-0.2, -0.15) is 0 Å². The molecule has 2 heteroatoms. The van der Waals surface area contributed by atoms with Crippen molar-refractivity contribution in [2.24, 2.45) is 5.41 Å². The van der Waals surface area contributed by atoms with Gasteiger partial charge in [0, 0.05) is 31.4 Å². The third-order valence-corrected chi connectivity index (χ3v) is 2.96. The highest BCUT2D eigenvalue weighted by Gasteiger charge is 2.22. The second-order valence-electron chi connectivity index (χ2n) is 6.96. The fourth-order valence-electron chi connectivity index (χ4n) is 1.98. The van der Waals surface area contributed by atoms with E-state index in [9.17, 15) is 0 Å². The lowest BCUT2D eigenvalue weighted by Gasteiger charge is -2.34. The topological polar surface area (TPSA) is 15.3 Å². The van der Waals surface area contributed by atoms with Crippen LogP contribution in [0, 0.1) is 5.41 Å². The Hall–Kier alpha value is -1.02. The van der Waals surface area contributed by atoms with Gasteiger partial charge in [-0.25, -0.2) is 0 Å². The zero-order valence-electron chi connectivity index (χ0n) is 12.7.